The monoisotopic (exact) mass is 197 g/mol. The summed E-state index contributed by atoms with van der Waals surface area (Å²) in [5.74, 6) is 0. The highest BCUT2D eigenvalue weighted by Gasteiger charge is 2.20. The Hall–Kier alpha value is -1.49. The maximum Gasteiger partial charge on any atom is 0.259 e. The minimum Gasteiger partial charge on any atom is -0.318 e. The summed E-state index contributed by atoms with van der Waals surface area (Å²) in [6.45, 7) is 0. The smallest absolute Gasteiger partial charge is 0.259 e. The summed E-state index contributed by atoms with van der Waals surface area (Å²) < 4.78 is 26.3. The van der Waals surface area contributed by atoms with E-state index in [0.717, 1.165) is 0 Å². The molecule has 2 rings (SSSR count). The van der Waals surface area contributed by atoms with Crippen LogP contribution < -0.4 is 5.73 Å². The van der Waals surface area contributed by atoms with Crippen LogP contribution in [0.4, 0.5) is 8.78 Å². The molecule has 0 aromatic carbocycles. The number of fused-ring (bicyclic) bond motifs is 1. The average molecular weight is 197 g/mol. The van der Waals surface area contributed by atoms with Crippen LogP contribution in [0.25, 0.3) is 5.65 Å². The number of nitrogens with two attached hydrogens (primary N) is 1. The lowest BCUT2D eigenvalue weighted by molar-refractivity contribution is 0.114. The molecule has 2 aromatic heterocycles. The van der Waals surface area contributed by atoms with Crippen molar-refractivity contribution in [2.75, 3.05) is 0 Å². The Balaban J connectivity index is 2.53. The second-order valence-electron chi connectivity index (χ2n) is 2.97. The number of aromatic nitrogens is 2. The van der Waals surface area contributed by atoms with Gasteiger partial charge in [0.2, 0.25) is 0 Å². The van der Waals surface area contributed by atoms with Crippen molar-refractivity contribution in [3.8, 4) is 0 Å². The lowest BCUT2D eigenvalue weighted by atomic mass is 10.2. The first kappa shape index (κ1) is 9.08. The first-order valence-corrected chi connectivity index (χ1v) is 4.16. The summed E-state index contributed by atoms with van der Waals surface area (Å²) in [7, 11) is 0. The Morgan fingerprint density at radius 3 is 2.86 bits per heavy atom. The van der Waals surface area contributed by atoms with Crippen LogP contribution in [0.5, 0.6) is 0 Å². The van der Waals surface area contributed by atoms with Gasteiger partial charge < -0.3 is 10.1 Å². The molecule has 14 heavy (non-hydrogen) atoms. The fourth-order valence-corrected chi connectivity index (χ4v) is 1.33. The highest BCUT2D eigenvalue weighted by molar-refractivity contribution is 5.40. The molecule has 0 bridgehead atoms. The molecule has 0 saturated carbocycles. The fourth-order valence-electron chi connectivity index (χ4n) is 1.33. The van der Waals surface area contributed by atoms with E-state index in [4.69, 9.17) is 5.73 Å². The summed E-state index contributed by atoms with van der Waals surface area (Å²) >= 11 is 0. The Labute approximate surface area is 79.2 Å². The first-order valence-electron chi connectivity index (χ1n) is 4.16. The molecule has 1 unspecified atom stereocenters. The topological polar surface area (TPSA) is 43.3 Å². The average Bonchev–Trinajstić information content (AvgIpc) is 2.60. The standard InChI is InChI=1S/C9H9F2N3/c10-9(11)8(12)6-5-13-7-3-1-2-4-14(6)7/h1-5,8-9H,12H2. The van der Waals surface area contributed by atoms with E-state index in [1.807, 2.05) is 0 Å². The zero-order valence-electron chi connectivity index (χ0n) is 7.27. The summed E-state index contributed by atoms with van der Waals surface area (Å²) in [4.78, 5) is 3.97. The predicted molar refractivity (Wildman–Crippen MR) is 48.1 cm³/mol. The van der Waals surface area contributed by atoms with Gasteiger partial charge in [-0.05, 0) is 12.1 Å². The van der Waals surface area contributed by atoms with E-state index in [1.165, 1.54) is 6.20 Å². The molecular formula is C9H9F2N3. The summed E-state index contributed by atoms with van der Waals surface area (Å²) in [6.07, 6.45) is 0.474. The van der Waals surface area contributed by atoms with E-state index >= 15 is 0 Å². The molecule has 0 spiro atoms. The summed E-state index contributed by atoms with van der Waals surface area (Å²) in [5, 5.41) is 0. The largest absolute Gasteiger partial charge is 0.318 e. The second-order valence-corrected chi connectivity index (χ2v) is 2.97. The molecule has 3 nitrogen and oxygen atoms in total. The normalized spacial score (nSPS) is 13.7. The Morgan fingerprint density at radius 2 is 2.14 bits per heavy atom. The van der Waals surface area contributed by atoms with E-state index < -0.39 is 12.5 Å². The number of pyridine rings is 1. The minimum absolute atomic E-state index is 0.329. The molecule has 0 fully saturated rings. The van der Waals surface area contributed by atoms with Gasteiger partial charge in [0.15, 0.2) is 0 Å². The van der Waals surface area contributed by atoms with Crippen molar-refractivity contribution < 1.29 is 8.78 Å². The van der Waals surface area contributed by atoms with Gasteiger partial charge in [0.05, 0.1) is 11.9 Å². The molecule has 0 radical (unpaired) electrons. The molecular weight excluding hydrogens is 188 g/mol. The summed E-state index contributed by atoms with van der Waals surface area (Å²) in [5.41, 5.74) is 6.29. The number of alkyl halides is 2. The Bertz CT molecular complexity index is 438. The predicted octanol–water partition coefficient (Wildman–Crippen LogP) is 1.60. The van der Waals surface area contributed by atoms with Crippen LogP contribution in [0, 0.1) is 0 Å². The van der Waals surface area contributed by atoms with E-state index in [0.29, 0.717) is 11.3 Å². The van der Waals surface area contributed by atoms with Crippen LogP contribution >= 0.6 is 0 Å². The number of imidazole rings is 1. The van der Waals surface area contributed by atoms with Crippen molar-refractivity contribution in [1.29, 1.82) is 0 Å². The molecule has 2 heterocycles. The van der Waals surface area contributed by atoms with E-state index in [9.17, 15) is 8.78 Å². The second kappa shape index (κ2) is 3.34. The van der Waals surface area contributed by atoms with Crippen molar-refractivity contribution in [3.05, 3.63) is 36.3 Å². The number of halogens is 2. The van der Waals surface area contributed by atoms with Gasteiger partial charge >= 0.3 is 0 Å². The molecule has 0 aliphatic heterocycles. The highest BCUT2D eigenvalue weighted by atomic mass is 19.3. The van der Waals surface area contributed by atoms with Crippen LogP contribution in [0.15, 0.2) is 30.6 Å². The lowest BCUT2D eigenvalue weighted by Crippen LogP contribution is -2.20. The third-order valence-electron chi connectivity index (χ3n) is 2.06. The molecule has 2 N–H and O–H groups in total. The van der Waals surface area contributed by atoms with Gasteiger partial charge in [0.1, 0.15) is 11.7 Å². The van der Waals surface area contributed by atoms with Crippen LogP contribution in [0.2, 0.25) is 0 Å². The van der Waals surface area contributed by atoms with Gasteiger partial charge in [-0.3, -0.25) is 0 Å². The summed E-state index contributed by atoms with van der Waals surface area (Å²) in [6, 6.07) is 3.99. The molecule has 0 aliphatic carbocycles. The molecule has 74 valence electrons. The van der Waals surface area contributed by atoms with Gasteiger partial charge in [0, 0.05) is 6.20 Å². The Kier molecular flexibility index (Phi) is 2.17. The lowest BCUT2D eigenvalue weighted by Gasteiger charge is -2.09. The van der Waals surface area contributed by atoms with E-state index in [1.54, 1.807) is 28.8 Å². The number of rotatable bonds is 2. The van der Waals surface area contributed by atoms with Gasteiger partial charge in [-0.2, -0.15) is 0 Å². The highest BCUT2D eigenvalue weighted by Crippen LogP contribution is 2.18. The number of nitrogens with zero attached hydrogens (tertiary/aromatic N) is 2. The van der Waals surface area contributed by atoms with Gasteiger partial charge in [-0.25, -0.2) is 13.8 Å². The molecule has 0 aliphatic rings. The maximum atomic E-state index is 12.4. The maximum absolute atomic E-state index is 12.4. The van der Waals surface area contributed by atoms with Crippen LogP contribution in [-0.4, -0.2) is 15.8 Å². The van der Waals surface area contributed by atoms with Gasteiger partial charge in [-0.15, -0.1) is 0 Å². The molecule has 2 aromatic rings. The third-order valence-corrected chi connectivity index (χ3v) is 2.06. The first-order chi connectivity index (χ1) is 6.70. The quantitative estimate of drug-likeness (QED) is 0.794. The van der Waals surface area contributed by atoms with E-state index in [-0.39, 0.29) is 0 Å². The van der Waals surface area contributed by atoms with Gasteiger partial charge in [-0.1, -0.05) is 6.07 Å². The van der Waals surface area contributed by atoms with Crippen molar-refractivity contribution in [2.45, 2.75) is 12.5 Å². The minimum atomic E-state index is -2.57. The van der Waals surface area contributed by atoms with Crippen molar-refractivity contribution in [3.63, 3.8) is 0 Å². The van der Waals surface area contributed by atoms with Crippen LogP contribution in [0.1, 0.15) is 11.7 Å². The van der Waals surface area contributed by atoms with Crippen molar-refractivity contribution >= 4 is 5.65 Å². The third kappa shape index (κ3) is 1.35. The SMILES string of the molecule is NC(c1cnc2ccccn12)C(F)F. The Morgan fingerprint density at radius 1 is 1.36 bits per heavy atom. The van der Waals surface area contributed by atoms with E-state index in [2.05, 4.69) is 4.98 Å². The molecule has 0 amide bonds. The molecule has 0 saturated heterocycles. The zero-order chi connectivity index (χ0) is 10.1. The fraction of sp³-hybridized carbons (Fsp3) is 0.222. The molecule has 1 atom stereocenters. The van der Waals surface area contributed by atoms with Crippen LogP contribution in [0.3, 0.4) is 0 Å². The molecule has 5 heteroatoms. The van der Waals surface area contributed by atoms with Crippen LogP contribution in [-0.2, 0) is 0 Å². The van der Waals surface area contributed by atoms with Crippen molar-refractivity contribution in [1.82, 2.24) is 9.38 Å². The number of hydrogen-bond acceptors (Lipinski definition) is 2. The number of hydrogen-bond donors (Lipinski definition) is 1. The zero-order valence-corrected chi connectivity index (χ0v) is 7.27. The van der Waals surface area contributed by atoms with Crippen molar-refractivity contribution in [2.24, 2.45) is 5.73 Å². The van der Waals surface area contributed by atoms with Gasteiger partial charge in [0.25, 0.3) is 6.43 Å².